The second-order valence-corrected chi connectivity index (χ2v) is 2.82. The largest absolute Gasteiger partial charge is 0.289 e. The van der Waals surface area contributed by atoms with E-state index in [2.05, 4.69) is 11.6 Å². The lowest BCUT2D eigenvalue weighted by Gasteiger charge is -2.16. The van der Waals surface area contributed by atoms with Crippen molar-refractivity contribution in [3.63, 3.8) is 0 Å². The molecule has 0 heterocycles. The average Bonchev–Trinajstić information content (AvgIpc) is 1.60. The van der Waals surface area contributed by atoms with Gasteiger partial charge in [0.15, 0.2) is 0 Å². The first-order valence-electron chi connectivity index (χ1n) is 3.21. The lowest BCUT2D eigenvalue weighted by Crippen LogP contribution is -2.26. The number of allylic oxidation sites excluding steroid dienone is 1. The number of aliphatic imine (C=N–C) groups is 1. The summed E-state index contributed by atoms with van der Waals surface area (Å²) in [4.78, 5) is 3.80. The molecule has 0 saturated heterocycles. The van der Waals surface area contributed by atoms with Crippen LogP contribution >= 0.6 is 0 Å². The molecule has 0 aliphatic rings. The van der Waals surface area contributed by atoms with E-state index in [1.807, 2.05) is 0 Å². The molecule has 0 radical (unpaired) electrons. The summed E-state index contributed by atoms with van der Waals surface area (Å²) < 4.78 is 13.1. The van der Waals surface area contributed by atoms with Gasteiger partial charge in [-0.25, -0.2) is 4.39 Å². The Balaban J connectivity index is 4.56. The molecule has 0 saturated carbocycles. The zero-order chi connectivity index (χ0) is 8.36. The predicted octanol–water partition coefficient (Wildman–Crippen LogP) is 2.38. The number of rotatable bonds is 2. The number of nitrogens with zero attached hydrogens (tertiary/aromatic N) is 1. The van der Waals surface area contributed by atoms with Gasteiger partial charge in [0, 0.05) is 7.05 Å². The molecule has 0 atom stereocenters. The molecule has 0 aliphatic carbocycles. The third-order valence-electron chi connectivity index (χ3n) is 1.19. The van der Waals surface area contributed by atoms with Gasteiger partial charge >= 0.3 is 0 Å². The van der Waals surface area contributed by atoms with Crippen LogP contribution in [-0.4, -0.2) is 18.4 Å². The van der Waals surface area contributed by atoms with Crippen LogP contribution in [0, 0.1) is 0 Å². The summed E-state index contributed by atoms with van der Waals surface area (Å²) in [5.41, 5.74) is -0.233. The Morgan fingerprint density at radius 2 is 1.90 bits per heavy atom. The normalized spacial score (nSPS) is 13.5. The molecule has 0 aromatic heterocycles. The first-order valence-corrected chi connectivity index (χ1v) is 3.21. The summed E-state index contributed by atoms with van der Waals surface area (Å²) in [5.74, 6) is 0. The Morgan fingerprint density at radius 3 is 1.90 bits per heavy atom. The highest BCUT2D eigenvalue weighted by molar-refractivity contribution is 6.04. The van der Waals surface area contributed by atoms with E-state index in [9.17, 15) is 4.39 Å². The van der Waals surface area contributed by atoms with Gasteiger partial charge in [0.1, 0.15) is 5.67 Å². The second kappa shape index (κ2) is 2.95. The van der Waals surface area contributed by atoms with Gasteiger partial charge in [-0.05, 0) is 26.3 Å². The third kappa shape index (κ3) is 2.29. The van der Waals surface area contributed by atoms with E-state index in [0.717, 1.165) is 0 Å². The van der Waals surface area contributed by atoms with Gasteiger partial charge in [-0.1, -0.05) is 6.58 Å². The van der Waals surface area contributed by atoms with Crippen LogP contribution in [0.5, 0.6) is 0 Å². The zero-order valence-corrected chi connectivity index (χ0v) is 7.03. The monoisotopic (exact) mass is 143 g/mol. The molecule has 58 valence electrons. The van der Waals surface area contributed by atoms with Gasteiger partial charge < -0.3 is 0 Å². The number of halogens is 1. The summed E-state index contributed by atoms with van der Waals surface area (Å²) >= 11 is 0. The van der Waals surface area contributed by atoms with Crippen LogP contribution in [0.25, 0.3) is 0 Å². The summed E-state index contributed by atoms with van der Waals surface area (Å²) in [5, 5.41) is 0. The Morgan fingerprint density at radius 1 is 1.50 bits per heavy atom. The van der Waals surface area contributed by atoms with Gasteiger partial charge in [0.05, 0.1) is 5.71 Å². The molecule has 0 aliphatic heterocycles. The molecular weight excluding hydrogens is 129 g/mol. The van der Waals surface area contributed by atoms with Crippen molar-refractivity contribution in [3.8, 4) is 0 Å². The van der Waals surface area contributed by atoms with Crippen molar-refractivity contribution in [3.05, 3.63) is 12.2 Å². The van der Waals surface area contributed by atoms with Crippen LogP contribution < -0.4 is 0 Å². The maximum Gasteiger partial charge on any atom is 0.146 e. The molecule has 0 amide bonds. The molecular formula is C8H14FN. The standard InChI is InChI=1S/C8H14FN/c1-6(2)7(10-5)8(3,4)9/h1H2,2-5H3/b10-7+. The minimum atomic E-state index is -1.36. The van der Waals surface area contributed by atoms with Gasteiger partial charge in [-0.2, -0.15) is 0 Å². The van der Waals surface area contributed by atoms with Crippen molar-refractivity contribution in [2.75, 3.05) is 7.05 Å². The number of hydrogen-bond acceptors (Lipinski definition) is 1. The average molecular weight is 143 g/mol. The van der Waals surface area contributed by atoms with Crippen molar-refractivity contribution in [2.24, 2.45) is 4.99 Å². The van der Waals surface area contributed by atoms with Crippen LogP contribution in [0.15, 0.2) is 17.1 Å². The fraction of sp³-hybridized carbons (Fsp3) is 0.625. The van der Waals surface area contributed by atoms with Crippen molar-refractivity contribution in [1.29, 1.82) is 0 Å². The molecule has 0 N–H and O–H groups in total. The summed E-state index contributed by atoms with van der Waals surface area (Å²) in [6.45, 7) is 8.33. The number of hydrogen-bond donors (Lipinski definition) is 0. The molecule has 0 unspecified atom stereocenters. The van der Waals surface area contributed by atoms with Crippen molar-refractivity contribution >= 4 is 5.71 Å². The highest BCUT2D eigenvalue weighted by atomic mass is 19.1. The Hall–Kier alpha value is -0.660. The molecule has 1 nitrogen and oxygen atoms in total. The van der Waals surface area contributed by atoms with Crippen molar-refractivity contribution in [2.45, 2.75) is 26.4 Å². The lowest BCUT2D eigenvalue weighted by atomic mass is 9.99. The molecule has 0 aromatic rings. The Kier molecular flexibility index (Phi) is 2.76. The van der Waals surface area contributed by atoms with E-state index in [1.165, 1.54) is 13.8 Å². The Labute approximate surface area is 61.7 Å². The molecule has 2 heteroatoms. The second-order valence-electron chi connectivity index (χ2n) is 2.82. The minimum absolute atomic E-state index is 0.438. The molecule has 0 fully saturated rings. The quantitative estimate of drug-likeness (QED) is 0.526. The summed E-state index contributed by atoms with van der Waals surface area (Å²) in [6, 6.07) is 0. The molecule has 0 rings (SSSR count). The van der Waals surface area contributed by atoms with Gasteiger partial charge in [0.2, 0.25) is 0 Å². The minimum Gasteiger partial charge on any atom is -0.289 e. The highest BCUT2D eigenvalue weighted by Crippen LogP contribution is 2.15. The molecule has 0 aromatic carbocycles. The Bertz CT molecular complexity index is 163. The SMILES string of the molecule is C=C(C)/C(=N\C)C(C)(C)F. The van der Waals surface area contributed by atoms with E-state index in [1.54, 1.807) is 14.0 Å². The molecule has 0 bridgehead atoms. The van der Waals surface area contributed by atoms with Gasteiger partial charge in [0.25, 0.3) is 0 Å². The van der Waals surface area contributed by atoms with Crippen molar-refractivity contribution in [1.82, 2.24) is 0 Å². The van der Waals surface area contributed by atoms with Gasteiger partial charge in [-0.3, -0.25) is 4.99 Å². The van der Waals surface area contributed by atoms with E-state index in [4.69, 9.17) is 0 Å². The van der Waals surface area contributed by atoms with Gasteiger partial charge in [-0.15, -0.1) is 0 Å². The summed E-state index contributed by atoms with van der Waals surface area (Å²) in [6.07, 6.45) is 0. The predicted molar refractivity (Wildman–Crippen MR) is 43.4 cm³/mol. The summed E-state index contributed by atoms with van der Waals surface area (Å²) in [7, 11) is 1.57. The third-order valence-corrected chi connectivity index (χ3v) is 1.19. The molecule has 10 heavy (non-hydrogen) atoms. The van der Waals surface area contributed by atoms with E-state index in [0.29, 0.717) is 11.3 Å². The van der Waals surface area contributed by atoms with Crippen LogP contribution in [0.1, 0.15) is 20.8 Å². The van der Waals surface area contributed by atoms with E-state index < -0.39 is 5.67 Å². The maximum atomic E-state index is 13.1. The van der Waals surface area contributed by atoms with E-state index in [-0.39, 0.29) is 0 Å². The van der Waals surface area contributed by atoms with Crippen LogP contribution in [-0.2, 0) is 0 Å². The van der Waals surface area contributed by atoms with E-state index >= 15 is 0 Å². The van der Waals surface area contributed by atoms with Crippen LogP contribution in [0.3, 0.4) is 0 Å². The van der Waals surface area contributed by atoms with Crippen molar-refractivity contribution < 1.29 is 4.39 Å². The highest BCUT2D eigenvalue weighted by Gasteiger charge is 2.23. The van der Waals surface area contributed by atoms with Crippen LogP contribution in [0.4, 0.5) is 4.39 Å². The lowest BCUT2D eigenvalue weighted by molar-refractivity contribution is 0.313. The number of alkyl halides is 1. The smallest absolute Gasteiger partial charge is 0.146 e. The molecule has 0 spiro atoms. The zero-order valence-electron chi connectivity index (χ0n) is 7.03. The first kappa shape index (κ1) is 9.34. The maximum absolute atomic E-state index is 13.1. The van der Waals surface area contributed by atoms with Crippen LogP contribution in [0.2, 0.25) is 0 Å². The fourth-order valence-electron chi connectivity index (χ4n) is 0.964. The first-order chi connectivity index (χ1) is 4.39. The fourth-order valence-corrected chi connectivity index (χ4v) is 0.964. The topological polar surface area (TPSA) is 12.4 Å².